The van der Waals surface area contributed by atoms with E-state index in [4.69, 9.17) is 14.2 Å². The zero-order valence-electron chi connectivity index (χ0n) is 21.4. The summed E-state index contributed by atoms with van der Waals surface area (Å²) in [6, 6.07) is 7.33. The summed E-state index contributed by atoms with van der Waals surface area (Å²) in [5, 5.41) is 11.5. The van der Waals surface area contributed by atoms with E-state index in [0.717, 1.165) is 0 Å². The topological polar surface area (TPSA) is 147 Å². The van der Waals surface area contributed by atoms with Crippen LogP contribution in [-0.2, 0) is 23.8 Å². The molecule has 0 N–H and O–H groups in total. The number of hydrogen-bond acceptors (Lipinski definition) is 11. The molecule has 39 heavy (non-hydrogen) atoms. The van der Waals surface area contributed by atoms with Gasteiger partial charge in [-0.3, -0.25) is 24.9 Å². The van der Waals surface area contributed by atoms with Crippen LogP contribution in [0.25, 0.3) is 0 Å². The van der Waals surface area contributed by atoms with Crippen LogP contribution in [0.5, 0.6) is 0 Å². The monoisotopic (exact) mass is 619 g/mol. The summed E-state index contributed by atoms with van der Waals surface area (Å²) in [6.07, 6.45) is 2.92. The van der Waals surface area contributed by atoms with E-state index in [9.17, 15) is 24.5 Å². The van der Waals surface area contributed by atoms with Crippen molar-refractivity contribution in [3.8, 4) is 0 Å². The molecule has 1 aliphatic rings. The number of nitro benzene ring substituents is 1. The molecule has 0 radical (unpaired) electrons. The van der Waals surface area contributed by atoms with Crippen molar-refractivity contribution >= 4 is 57.0 Å². The maximum Gasteiger partial charge on any atom is 0.340 e. The predicted molar refractivity (Wildman–Crippen MR) is 147 cm³/mol. The largest absolute Gasteiger partial charge is 0.465 e. The van der Waals surface area contributed by atoms with Crippen LogP contribution in [0.2, 0.25) is 0 Å². The minimum absolute atomic E-state index is 0.0533. The number of benzene rings is 1. The number of aliphatic imine (C=N–C) groups is 1. The minimum Gasteiger partial charge on any atom is -0.465 e. The summed E-state index contributed by atoms with van der Waals surface area (Å²) in [7, 11) is 0. The summed E-state index contributed by atoms with van der Waals surface area (Å²) < 4.78 is 16.5. The Kier molecular flexibility index (Phi) is 10.8. The zero-order valence-corrected chi connectivity index (χ0v) is 23.8. The molecule has 2 aromatic rings. The molecule has 2 unspecified atom stereocenters. The number of thioether (sulfide) groups is 1. The Morgan fingerprint density at radius 3 is 2.49 bits per heavy atom. The van der Waals surface area contributed by atoms with Gasteiger partial charge in [-0.15, -0.1) is 11.8 Å². The number of halogens is 1. The molecule has 0 amide bonds. The number of non-ortho nitro benzene ring substituents is 1. The Bertz CT molecular complexity index is 1330. The zero-order chi connectivity index (χ0) is 28.5. The van der Waals surface area contributed by atoms with Gasteiger partial charge in [0.25, 0.3) is 5.69 Å². The van der Waals surface area contributed by atoms with Gasteiger partial charge in [-0.25, -0.2) is 9.59 Å². The number of nitro groups is 1. The number of carbonyl (C=O) groups is 3. The molecule has 2 atom stereocenters. The first kappa shape index (κ1) is 30.0. The molecule has 1 aromatic carbocycles. The van der Waals surface area contributed by atoms with Crippen molar-refractivity contribution in [1.82, 2.24) is 4.98 Å². The molecule has 0 fully saturated rings. The number of aromatic nitrogens is 1. The van der Waals surface area contributed by atoms with Gasteiger partial charge in [-0.2, -0.15) is 0 Å². The molecule has 206 valence electrons. The molecular weight excluding hydrogens is 594 g/mol. The van der Waals surface area contributed by atoms with Crippen molar-refractivity contribution in [2.24, 2.45) is 10.9 Å². The van der Waals surface area contributed by atoms with Gasteiger partial charge >= 0.3 is 17.9 Å². The minimum atomic E-state index is -0.998. The molecule has 1 aliphatic heterocycles. The van der Waals surface area contributed by atoms with E-state index in [0.29, 0.717) is 21.4 Å². The van der Waals surface area contributed by atoms with Crippen LogP contribution in [0.15, 0.2) is 63.5 Å². The number of nitrogens with zero attached hydrogens (tertiary/aromatic N) is 3. The quantitative estimate of drug-likeness (QED) is 0.0853. The van der Waals surface area contributed by atoms with Crippen LogP contribution in [0.1, 0.15) is 42.6 Å². The van der Waals surface area contributed by atoms with Crippen LogP contribution >= 0.6 is 27.7 Å². The number of ether oxygens (including phenoxy) is 3. The third-order valence-corrected chi connectivity index (χ3v) is 6.84. The molecule has 11 nitrogen and oxygen atoms in total. The molecule has 13 heteroatoms. The number of esters is 3. The van der Waals surface area contributed by atoms with E-state index in [1.165, 1.54) is 36.2 Å². The van der Waals surface area contributed by atoms with E-state index < -0.39 is 34.7 Å². The van der Waals surface area contributed by atoms with Gasteiger partial charge in [0.2, 0.25) is 0 Å². The van der Waals surface area contributed by atoms with Gasteiger partial charge < -0.3 is 14.2 Å². The van der Waals surface area contributed by atoms with Gasteiger partial charge in [0.15, 0.2) is 0 Å². The average Bonchev–Trinajstić information content (AvgIpc) is 2.90. The molecule has 0 aliphatic carbocycles. The summed E-state index contributed by atoms with van der Waals surface area (Å²) >= 11 is 4.44. The Morgan fingerprint density at radius 1 is 1.08 bits per heavy atom. The highest BCUT2D eigenvalue weighted by Gasteiger charge is 2.43. The second kappa shape index (κ2) is 14.0. The lowest BCUT2D eigenvalue weighted by Crippen LogP contribution is -2.37. The highest BCUT2D eigenvalue weighted by atomic mass is 79.9. The first-order chi connectivity index (χ1) is 18.7. The Hall–Kier alpha value is -3.58. The van der Waals surface area contributed by atoms with Crippen LogP contribution < -0.4 is 0 Å². The number of hydrogen-bond donors (Lipinski definition) is 0. The van der Waals surface area contributed by atoms with Crippen LogP contribution in [0.4, 0.5) is 5.69 Å². The predicted octanol–water partition coefficient (Wildman–Crippen LogP) is 4.85. The summed E-state index contributed by atoms with van der Waals surface area (Å²) in [6.45, 7) is 5.11. The van der Waals surface area contributed by atoms with E-state index in [1.807, 2.05) is 0 Å². The fourth-order valence-electron chi connectivity index (χ4n) is 4.06. The van der Waals surface area contributed by atoms with Crippen molar-refractivity contribution in [2.45, 2.75) is 26.7 Å². The first-order valence-corrected chi connectivity index (χ1v) is 13.8. The Labute approximate surface area is 237 Å². The summed E-state index contributed by atoms with van der Waals surface area (Å²) in [5.41, 5.74) is 1.24. The lowest BCUT2D eigenvalue weighted by Gasteiger charge is -2.32. The molecule has 0 saturated carbocycles. The summed E-state index contributed by atoms with van der Waals surface area (Å²) in [5.74, 6) is -3.74. The van der Waals surface area contributed by atoms with Gasteiger partial charge in [0.05, 0.1) is 35.0 Å². The fourth-order valence-corrected chi connectivity index (χ4v) is 5.12. The van der Waals surface area contributed by atoms with E-state index in [-0.39, 0.29) is 41.7 Å². The fraction of sp³-hybridized carbons (Fsp3) is 0.346. The van der Waals surface area contributed by atoms with E-state index >= 15 is 0 Å². The van der Waals surface area contributed by atoms with E-state index in [2.05, 4.69) is 25.9 Å². The molecule has 0 saturated heterocycles. The lowest BCUT2D eigenvalue weighted by atomic mass is 9.75. The third kappa shape index (κ3) is 7.51. The van der Waals surface area contributed by atoms with Gasteiger partial charge in [0.1, 0.15) is 11.9 Å². The third-order valence-electron chi connectivity index (χ3n) is 5.65. The van der Waals surface area contributed by atoms with Gasteiger partial charge in [-0.05, 0) is 48.3 Å². The number of rotatable bonds is 11. The van der Waals surface area contributed by atoms with Crippen LogP contribution in [0, 0.1) is 16.0 Å². The maximum absolute atomic E-state index is 13.3. The van der Waals surface area contributed by atoms with Gasteiger partial charge in [0, 0.05) is 46.4 Å². The van der Waals surface area contributed by atoms with Crippen molar-refractivity contribution < 1.29 is 33.5 Å². The smallest absolute Gasteiger partial charge is 0.340 e. The van der Waals surface area contributed by atoms with Crippen molar-refractivity contribution in [3.05, 3.63) is 79.7 Å². The number of carbonyl (C=O) groups excluding carboxylic acids is 3. The molecule has 0 bridgehead atoms. The molecule has 2 heterocycles. The van der Waals surface area contributed by atoms with E-state index in [1.54, 1.807) is 39.1 Å². The SMILES string of the molecule is CCOC(=O)C1=C(CSCOC(=O)c2cncc(Br)c2)N=C(C)C(C(=O)OCC)C1c1cccc([N+](=O)[O-])c1. The standard InChI is InChI=1S/C26H26BrN3O8S/c1-4-36-25(32)21-15(3)29-20(13-39-14-38-24(31)17-9-18(27)12-28-11-17)23(26(33)37-5-2)22(21)16-7-6-8-19(10-16)30(34)35/h6-12,21-22H,4-5,13-14H2,1-3H3. The molecular formula is C26H26BrN3O8S. The van der Waals surface area contributed by atoms with Crippen LogP contribution in [0.3, 0.4) is 0 Å². The second-order valence-electron chi connectivity index (χ2n) is 8.18. The highest BCUT2D eigenvalue weighted by Crippen LogP contribution is 2.41. The second-order valence-corrected chi connectivity index (χ2v) is 10.0. The average molecular weight is 620 g/mol. The van der Waals surface area contributed by atoms with Crippen LogP contribution in [-0.4, -0.2) is 58.4 Å². The van der Waals surface area contributed by atoms with Crippen molar-refractivity contribution in [3.63, 3.8) is 0 Å². The van der Waals surface area contributed by atoms with Crippen molar-refractivity contribution in [2.75, 3.05) is 24.9 Å². The van der Waals surface area contributed by atoms with Crippen molar-refractivity contribution in [1.29, 1.82) is 0 Å². The summed E-state index contributed by atoms with van der Waals surface area (Å²) in [4.78, 5) is 58.1. The normalized spacial score (nSPS) is 16.8. The highest BCUT2D eigenvalue weighted by molar-refractivity contribution is 9.10. The Balaban J connectivity index is 1.97. The Morgan fingerprint density at radius 2 is 1.82 bits per heavy atom. The molecule has 0 spiro atoms. The van der Waals surface area contributed by atoms with Gasteiger partial charge in [-0.1, -0.05) is 12.1 Å². The molecule has 1 aromatic heterocycles. The number of pyridine rings is 1. The molecule has 3 rings (SSSR count). The lowest BCUT2D eigenvalue weighted by molar-refractivity contribution is -0.384. The maximum atomic E-state index is 13.3. The first-order valence-electron chi connectivity index (χ1n) is 11.9.